The molecule has 0 unspecified atom stereocenters. The van der Waals surface area contributed by atoms with Crippen LogP contribution in [0, 0.1) is 11.8 Å². The minimum atomic E-state index is 0.993. The van der Waals surface area contributed by atoms with Crippen LogP contribution in [0.25, 0.3) is 0 Å². The molecule has 2 nitrogen and oxygen atoms in total. The number of hydrogen-bond acceptors (Lipinski definition) is 2. The van der Waals surface area contributed by atoms with Crippen molar-refractivity contribution in [2.24, 2.45) is 11.8 Å². The molecule has 0 bridgehead atoms. The monoisotopic (exact) mass is 224 g/mol. The lowest BCUT2D eigenvalue weighted by molar-refractivity contribution is 0.222. The van der Waals surface area contributed by atoms with Gasteiger partial charge >= 0.3 is 0 Å². The number of nitrogens with one attached hydrogen (secondary N) is 1. The van der Waals surface area contributed by atoms with Crippen LogP contribution in [0.4, 0.5) is 0 Å². The molecule has 1 aliphatic heterocycles. The average Bonchev–Trinajstić information content (AvgIpc) is 2.26. The van der Waals surface area contributed by atoms with Crippen LogP contribution in [-0.2, 0) is 0 Å². The van der Waals surface area contributed by atoms with E-state index >= 15 is 0 Å². The summed E-state index contributed by atoms with van der Waals surface area (Å²) in [7, 11) is 2.31. The zero-order valence-electron chi connectivity index (χ0n) is 10.9. The van der Waals surface area contributed by atoms with Gasteiger partial charge in [-0.15, -0.1) is 0 Å². The SMILES string of the molecule is CN(CCC1CCC1)CCC1CCNCC1. The fraction of sp³-hybridized carbons (Fsp3) is 1.00. The third-order valence-corrected chi connectivity index (χ3v) is 4.52. The van der Waals surface area contributed by atoms with Crippen LogP contribution < -0.4 is 5.32 Å². The van der Waals surface area contributed by atoms with E-state index in [-0.39, 0.29) is 0 Å². The average molecular weight is 224 g/mol. The first kappa shape index (κ1) is 12.4. The molecule has 1 N–H and O–H groups in total. The Morgan fingerprint density at radius 1 is 0.938 bits per heavy atom. The summed E-state index contributed by atoms with van der Waals surface area (Å²) in [6, 6.07) is 0. The molecule has 1 saturated heterocycles. The summed E-state index contributed by atoms with van der Waals surface area (Å²) in [6.07, 6.45) is 10.2. The quantitative estimate of drug-likeness (QED) is 0.746. The summed E-state index contributed by atoms with van der Waals surface area (Å²) < 4.78 is 0. The van der Waals surface area contributed by atoms with E-state index in [0.29, 0.717) is 0 Å². The Hall–Kier alpha value is -0.0800. The molecule has 2 fully saturated rings. The zero-order chi connectivity index (χ0) is 11.2. The molecular weight excluding hydrogens is 196 g/mol. The summed E-state index contributed by atoms with van der Waals surface area (Å²) in [5, 5.41) is 3.44. The predicted octanol–water partition coefficient (Wildman–Crippen LogP) is 2.50. The third-order valence-electron chi connectivity index (χ3n) is 4.52. The van der Waals surface area contributed by atoms with Crippen LogP contribution in [0.5, 0.6) is 0 Å². The lowest BCUT2D eigenvalue weighted by Crippen LogP contribution is -2.31. The van der Waals surface area contributed by atoms with Crippen molar-refractivity contribution >= 4 is 0 Å². The van der Waals surface area contributed by atoms with Crippen LogP contribution in [0.2, 0.25) is 0 Å². The fourth-order valence-electron chi connectivity index (χ4n) is 2.87. The lowest BCUT2D eigenvalue weighted by Gasteiger charge is -2.29. The smallest absolute Gasteiger partial charge is 0.00191 e. The van der Waals surface area contributed by atoms with Crippen LogP contribution in [0.3, 0.4) is 0 Å². The van der Waals surface area contributed by atoms with Gasteiger partial charge in [0.05, 0.1) is 0 Å². The second-order valence-corrected chi connectivity index (χ2v) is 5.87. The number of piperidine rings is 1. The highest BCUT2D eigenvalue weighted by Gasteiger charge is 2.18. The Labute approximate surface area is 101 Å². The standard InChI is InChI=1S/C14H28N2/c1-16(11-7-13-3-2-4-13)12-8-14-5-9-15-10-6-14/h13-15H,2-12H2,1H3. The summed E-state index contributed by atoms with van der Waals surface area (Å²) in [4.78, 5) is 2.56. The van der Waals surface area contributed by atoms with Crippen molar-refractivity contribution in [2.75, 3.05) is 33.2 Å². The van der Waals surface area contributed by atoms with Crippen LogP contribution in [0.15, 0.2) is 0 Å². The molecular formula is C14H28N2. The van der Waals surface area contributed by atoms with Gasteiger partial charge in [0.15, 0.2) is 0 Å². The maximum atomic E-state index is 3.44. The number of hydrogen-bond donors (Lipinski definition) is 1. The van der Waals surface area contributed by atoms with E-state index in [1.54, 1.807) is 0 Å². The topological polar surface area (TPSA) is 15.3 Å². The normalized spacial score (nSPS) is 23.6. The van der Waals surface area contributed by atoms with Crippen molar-refractivity contribution in [1.29, 1.82) is 0 Å². The van der Waals surface area contributed by atoms with Gasteiger partial charge < -0.3 is 10.2 Å². The van der Waals surface area contributed by atoms with Crippen molar-refractivity contribution in [1.82, 2.24) is 10.2 Å². The Morgan fingerprint density at radius 2 is 1.50 bits per heavy atom. The highest BCUT2D eigenvalue weighted by molar-refractivity contribution is 4.72. The first-order valence-electron chi connectivity index (χ1n) is 7.24. The summed E-state index contributed by atoms with van der Waals surface area (Å²) in [5.41, 5.74) is 0. The predicted molar refractivity (Wildman–Crippen MR) is 69.7 cm³/mol. The van der Waals surface area contributed by atoms with Gasteiger partial charge in [0.25, 0.3) is 0 Å². The van der Waals surface area contributed by atoms with Crippen molar-refractivity contribution in [2.45, 2.75) is 44.9 Å². The van der Waals surface area contributed by atoms with Gasteiger partial charge in [-0.05, 0) is 70.7 Å². The molecule has 0 atom stereocenters. The molecule has 2 heteroatoms. The molecule has 1 heterocycles. The molecule has 0 aromatic carbocycles. The molecule has 2 rings (SSSR count). The van der Waals surface area contributed by atoms with E-state index in [4.69, 9.17) is 0 Å². The molecule has 0 aromatic rings. The Bertz CT molecular complexity index is 183. The van der Waals surface area contributed by atoms with E-state index in [1.165, 1.54) is 71.1 Å². The van der Waals surface area contributed by atoms with Crippen molar-refractivity contribution < 1.29 is 0 Å². The van der Waals surface area contributed by atoms with Gasteiger partial charge in [-0.2, -0.15) is 0 Å². The minimum absolute atomic E-state index is 0.993. The Kier molecular flexibility index (Phi) is 5.11. The highest BCUT2D eigenvalue weighted by Crippen LogP contribution is 2.29. The highest BCUT2D eigenvalue weighted by atomic mass is 15.1. The van der Waals surface area contributed by atoms with Crippen LogP contribution >= 0.6 is 0 Å². The van der Waals surface area contributed by atoms with Crippen LogP contribution in [-0.4, -0.2) is 38.1 Å². The summed E-state index contributed by atoms with van der Waals surface area (Å²) in [6.45, 7) is 5.14. The van der Waals surface area contributed by atoms with Crippen LogP contribution in [0.1, 0.15) is 44.9 Å². The maximum Gasteiger partial charge on any atom is -0.00191 e. The number of rotatable bonds is 6. The van der Waals surface area contributed by atoms with E-state index in [0.717, 1.165) is 11.8 Å². The molecule has 1 saturated carbocycles. The molecule has 0 radical (unpaired) electrons. The third kappa shape index (κ3) is 4.06. The van der Waals surface area contributed by atoms with Gasteiger partial charge in [-0.25, -0.2) is 0 Å². The van der Waals surface area contributed by atoms with Gasteiger partial charge in [-0.1, -0.05) is 19.3 Å². The van der Waals surface area contributed by atoms with Gasteiger partial charge in [0, 0.05) is 0 Å². The molecule has 0 amide bonds. The molecule has 16 heavy (non-hydrogen) atoms. The van der Waals surface area contributed by atoms with E-state index < -0.39 is 0 Å². The van der Waals surface area contributed by atoms with Gasteiger partial charge in [-0.3, -0.25) is 0 Å². The Morgan fingerprint density at radius 3 is 2.00 bits per heavy atom. The molecule has 0 aromatic heterocycles. The number of nitrogens with zero attached hydrogens (tertiary/aromatic N) is 1. The second-order valence-electron chi connectivity index (χ2n) is 5.87. The summed E-state index contributed by atoms with van der Waals surface area (Å²) in [5.74, 6) is 2.06. The molecule has 94 valence electrons. The van der Waals surface area contributed by atoms with E-state index in [9.17, 15) is 0 Å². The van der Waals surface area contributed by atoms with Gasteiger partial charge in [0.1, 0.15) is 0 Å². The van der Waals surface area contributed by atoms with E-state index in [2.05, 4.69) is 17.3 Å². The second kappa shape index (κ2) is 6.61. The molecule has 1 aliphatic carbocycles. The largest absolute Gasteiger partial charge is 0.317 e. The lowest BCUT2D eigenvalue weighted by atomic mass is 9.83. The first-order valence-corrected chi connectivity index (χ1v) is 7.24. The fourth-order valence-corrected chi connectivity index (χ4v) is 2.87. The van der Waals surface area contributed by atoms with Crippen molar-refractivity contribution in [3.05, 3.63) is 0 Å². The maximum absolute atomic E-state index is 3.44. The van der Waals surface area contributed by atoms with Crippen molar-refractivity contribution in [3.63, 3.8) is 0 Å². The Balaban J connectivity index is 1.50. The molecule has 2 aliphatic rings. The summed E-state index contributed by atoms with van der Waals surface area (Å²) >= 11 is 0. The first-order chi connectivity index (χ1) is 7.84. The molecule has 0 spiro atoms. The zero-order valence-corrected chi connectivity index (χ0v) is 10.9. The van der Waals surface area contributed by atoms with E-state index in [1.807, 2.05) is 0 Å². The van der Waals surface area contributed by atoms with Gasteiger partial charge in [0.2, 0.25) is 0 Å². The minimum Gasteiger partial charge on any atom is -0.317 e. The van der Waals surface area contributed by atoms with Crippen molar-refractivity contribution in [3.8, 4) is 0 Å².